The zero-order valence-corrected chi connectivity index (χ0v) is 13.6. The molecule has 0 spiro atoms. The normalized spacial score (nSPS) is 13.8. The van der Waals surface area contributed by atoms with Crippen molar-refractivity contribution >= 4 is 21.6 Å². The van der Waals surface area contributed by atoms with Gasteiger partial charge in [-0.3, -0.25) is 4.79 Å². The number of anilines is 1. The highest BCUT2D eigenvalue weighted by Gasteiger charge is 2.27. The highest BCUT2D eigenvalue weighted by molar-refractivity contribution is 7.89. The summed E-state index contributed by atoms with van der Waals surface area (Å²) in [6.45, 7) is 7.39. The van der Waals surface area contributed by atoms with Crippen LogP contribution in [0.4, 0.5) is 5.69 Å². The molecule has 0 unspecified atom stereocenters. The first-order valence-electron chi connectivity index (χ1n) is 6.69. The molecule has 1 aromatic rings. The summed E-state index contributed by atoms with van der Waals surface area (Å²) in [5.41, 5.74) is 6.44. The predicted octanol–water partition coefficient (Wildman–Crippen LogP) is 1.21. The van der Waals surface area contributed by atoms with Crippen molar-refractivity contribution in [1.29, 1.82) is 0 Å². The average Bonchev–Trinajstić information content (AvgIpc) is 2.35. The third-order valence-corrected chi connectivity index (χ3v) is 4.23. The number of carbonyl (C=O) groups is 1. The van der Waals surface area contributed by atoms with Crippen molar-refractivity contribution in [3.63, 3.8) is 0 Å². The number of benzene rings is 1. The Morgan fingerprint density at radius 1 is 1.33 bits per heavy atom. The molecule has 21 heavy (non-hydrogen) atoms. The first kappa shape index (κ1) is 17.6. The summed E-state index contributed by atoms with van der Waals surface area (Å²) in [5, 5.41) is 7.82. The van der Waals surface area contributed by atoms with Gasteiger partial charge in [0.1, 0.15) is 0 Å². The van der Waals surface area contributed by atoms with Crippen LogP contribution in [0.3, 0.4) is 0 Å². The second-order valence-electron chi connectivity index (χ2n) is 6.05. The number of carbonyl (C=O) groups excluding carboxylic acids is 1. The van der Waals surface area contributed by atoms with Crippen LogP contribution in [0.15, 0.2) is 23.1 Å². The second-order valence-corrected chi connectivity index (χ2v) is 7.58. The van der Waals surface area contributed by atoms with Gasteiger partial charge >= 0.3 is 0 Å². The fraction of sp³-hybridized carbons (Fsp3) is 0.500. The van der Waals surface area contributed by atoms with E-state index in [1.807, 2.05) is 27.7 Å². The van der Waals surface area contributed by atoms with Crippen LogP contribution in [0.5, 0.6) is 0 Å². The van der Waals surface area contributed by atoms with Crippen LogP contribution in [-0.4, -0.2) is 20.4 Å². The van der Waals surface area contributed by atoms with Crippen LogP contribution in [0.25, 0.3) is 0 Å². The van der Waals surface area contributed by atoms with E-state index in [9.17, 15) is 13.2 Å². The molecule has 0 radical (unpaired) electrons. The van der Waals surface area contributed by atoms with Gasteiger partial charge in [-0.15, -0.1) is 0 Å². The van der Waals surface area contributed by atoms with Crippen LogP contribution < -0.4 is 16.2 Å². The summed E-state index contributed by atoms with van der Waals surface area (Å²) in [6, 6.07) is 3.93. The van der Waals surface area contributed by atoms with Crippen molar-refractivity contribution in [3.05, 3.63) is 23.8 Å². The number of primary sulfonamides is 1. The Morgan fingerprint density at radius 2 is 1.90 bits per heavy atom. The second kappa shape index (κ2) is 6.13. The highest BCUT2D eigenvalue weighted by Crippen LogP contribution is 2.22. The van der Waals surface area contributed by atoms with Gasteiger partial charge in [0.15, 0.2) is 0 Å². The first-order chi connectivity index (χ1) is 9.46. The summed E-state index contributed by atoms with van der Waals surface area (Å²) in [7, 11) is -3.84. The smallest absolute Gasteiger partial charge is 0.241 e. The van der Waals surface area contributed by atoms with Crippen molar-refractivity contribution in [2.75, 3.05) is 5.32 Å². The van der Waals surface area contributed by atoms with Gasteiger partial charge in [0.05, 0.1) is 10.9 Å². The SMILES string of the molecule is CCc1ccc(NC(=O)[C@@H](N)C(C)(C)C)cc1S(N)(=O)=O. The van der Waals surface area contributed by atoms with E-state index in [1.54, 1.807) is 12.1 Å². The fourth-order valence-electron chi connectivity index (χ4n) is 1.80. The average molecular weight is 313 g/mol. The molecule has 0 saturated carbocycles. The number of hydrogen-bond acceptors (Lipinski definition) is 4. The molecule has 7 heteroatoms. The van der Waals surface area contributed by atoms with Gasteiger partial charge in [-0.1, -0.05) is 33.8 Å². The van der Waals surface area contributed by atoms with Crippen LogP contribution in [-0.2, 0) is 21.2 Å². The highest BCUT2D eigenvalue weighted by atomic mass is 32.2. The van der Waals surface area contributed by atoms with E-state index in [-0.39, 0.29) is 10.8 Å². The molecule has 118 valence electrons. The Morgan fingerprint density at radius 3 is 2.33 bits per heavy atom. The molecule has 6 nitrogen and oxygen atoms in total. The zero-order chi connectivity index (χ0) is 16.4. The molecule has 0 bridgehead atoms. The van der Waals surface area contributed by atoms with Gasteiger partial charge in [0, 0.05) is 5.69 Å². The number of amides is 1. The van der Waals surface area contributed by atoms with Gasteiger partial charge in [0.2, 0.25) is 15.9 Å². The molecule has 0 fully saturated rings. The summed E-state index contributed by atoms with van der Waals surface area (Å²) in [4.78, 5) is 12.1. The van der Waals surface area contributed by atoms with Crippen LogP contribution in [0.2, 0.25) is 0 Å². The van der Waals surface area contributed by atoms with Crippen molar-refractivity contribution in [1.82, 2.24) is 0 Å². The molecular formula is C14H23N3O3S. The lowest BCUT2D eigenvalue weighted by molar-refractivity contribution is -0.119. The summed E-state index contributed by atoms with van der Waals surface area (Å²) in [6.07, 6.45) is 0.529. The lowest BCUT2D eigenvalue weighted by Gasteiger charge is -2.26. The van der Waals surface area contributed by atoms with Crippen molar-refractivity contribution in [2.24, 2.45) is 16.3 Å². The maximum atomic E-state index is 12.1. The Labute approximate surface area is 126 Å². The topological polar surface area (TPSA) is 115 Å². The van der Waals surface area contributed by atoms with Crippen molar-refractivity contribution < 1.29 is 13.2 Å². The van der Waals surface area contributed by atoms with E-state index in [2.05, 4.69) is 5.32 Å². The maximum Gasteiger partial charge on any atom is 0.241 e. The van der Waals surface area contributed by atoms with E-state index in [0.29, 0.717) is 17.7 Å². The molecule has 5 N–H and O–H groups in total. The minimum Gasteiger partial charge on any atom is -0.325 e. The van der Waals surface area contributed by atoms with Gasteiger partial charge in [-0.25, -0.2) is 13.6 Å². The summed E-state index contributed by atoms with van der Waals surface area (Å²) < 4.78 is 23.2. The number of hydrogen-bond donors (Lipinski definition) is 3. The molecule has 1 atom stereocenters. The molecule has 0 aliphatic heterocycles. The molecule has 0 aromatic heterocycles. The Balaban J connectivity index is 3.09. The zero-order valence-electron chi connectivity index (χ0n) is 12.8. The minimum absolute atomic E-state index is 0.0205. The molecule has 0 heterocycles. The molecule has 1 rings (SSSR count). The maximum absolute atomic E-state index is 12.1. The van der Waals surface area contributed by atoms with Gasteiger partial charge in [-0.05, 0) is 29.5 Å². The number of nitrogens with one attached hydrogen (secondary N) is 1. The van der Waals surface area contributed by atoms with Gasteiger partial charge in [0.25, 0.3) is 0 Å². The third-order valence-electron chi connectivity index (χ3n) is 3.24. The Bertz CT molecular complexity index is 633. The van der Waals surface area contributed by atoms with E-state index < -0.39 is 21.5 Å². The Kier molecular flexibility index (Phi) is 5.14. The van der Waals surface area contributed by atoms with Crippen molar-refractivity contribution in [2.45, 2.75) is 45.1 Å². The molecule has 0 aliphatic carbocycles. The Hall–Kier alpha value is -1.44. The monoisotopic (exact) mass is 313 g/mol. The lowest BCUT2D eigenvalue weighted by atomic mass is 9.87. The molecule has 0 saturated heterocycles. The third kappa shape index (κ3) is 4.52. The standard InChI is InChI=1S/C14H23N3O3S/c1-5-9-6-7-10(8-11(9)21(16,19)20)17-13(18)12(15)14(2,3)4/h6-8,12H,5,15H2,1-4H3,(H,17,18)(H2,16,19,20)/t12-/m1/s1. The van der Waals surface area contributed by atoms with Crippen LogP contribution in [0, 0.1) is 5.41 Å². The van der Waals surface area contributed by atoms with Gasteiger partial charge in [-0.2, -0.15) is 0 Å². The summed E-state index contributed by atoms with van der Waals surface area (Å²) >= 11 is 0. The lowest BCUT2D eigenvalue weighted by Crippen LogP contribution is -2.45. The molecule has 0 aliphatic rings. The van der Waals surface area contributed by atoms with Gasteiger partial charge < -0.3 is 11.1 Å². The van der Waals surface area contributed by atoms with Crippen LogP contribution >= 0.6 is 0 Å². The molecule has 1 amide bonds. The molecule has 1 aromatic carbocycles. The van der Waals surface area contributed by atoms with E-state index >= 15 is 0 Å². The molecular weight excluding hydrogens is 290 g/mol. The van der Waals surface area contributed by atoms with E-state index in [4.69, 9.17) is 10.9 Å². The minimum atomic E-state index is -3.84. The van der Waals surface area contributed by atoms with E-state index in [1.165, 1.54) is 6.07 Å². The number of sulfonamides is 1. The first-order valence-corrected chi connectivity index (χ1v) is 8.23. The van der Waals surface area contributed by atoms with Crippen LogP contribution in [0.1, 0.15) is 33.3 Å². The summed E-state index contributed by atoms with van der Waals surface area (Å²) in [5.74, 6) is -0.368. The number of rotatable bonds is 4. The van der Waals surface area contributed by atoms with Crippen molar-refractivity contribution in [3.8, 4) is 0 Å². The number of aryl methyl sites for hydroxylation is 1. The largest absolute Gasteiger partial charge is 0.325 e. The predicted molar refractivity (Wildman–Crippen MR) is 83.3 cm³/mol. The van der Waals surface area contributed by atoms with E-state index in [0.717, 1.165) is 0 Å². The quantitative estimate of drug-likeness (QED) is 0.774. The number of nitrogens with two attached hydrogens (primary N) is 2. The fourth-order valence-corrected chi connectivity index (χ4v) is 2.67.